The van der Waals surface area contributed by atoms with Gasteiger partial charge in [0.15, 0.2) is 0 Å². The zero-order chi connectivity index (χ0) is 15.1. The maximum Gasteiger partial charge on any atom is 0.253 e. The molecule has 2 aromatic rings. The van der Waals surface area contributed by atoms with Crippen LogP contribution in [-0.4, -0.2) is 40.9 Å². The average Bonchev–Trinajstić information content (AvgIpc) is 2.98. The molecule has 5 heterocycles. The number of carbonyl (C=O) groups excluding carboxylic acids is 1. The third-order valence-corrected chi connectivity index (χ3v) is 5.00. The van der Waals surface area contributed by atoms with Gasteiger partial charge in [-0.15, -0.1) is 0 Å². The van der Waals surface area contributed by atoms with Gasteiger partial charge in [-0.05, 0) is 56.1 Å². The average molecular weight is 294 g/mol. The summed E-state index contributed by atoms with van der Waals surface area (Å²) in [7, 11) is 0. The summed E-state index contributed by atoms with van der Waals surface area (Å²) < 4.78 is 1.77. The SMILES string of the molecule is N#Cc1ccc2ccc(C(=O)N[C@H]3CN4CCC3CC4)cn12. The largest absolute Gasteiger partial charge is 0.348 e. The van der Waals surface area contributed by atoms with E-state index in [0.717, 1.165) is 25.2 Å². The molecule has 0 unspecified atom stereocenters. The monoisotopic (exact) mass is 294 g/mol. The van der Waals surface area contributed by atoms with E-state index in [0.29, 0.717) is 17.2 Å². The molecule has 2 bridgehead atoms. The number of nitriles is 1. The molecule has 1 N–H and O–H groups in total. The van der Waals surface area contributed by atoms with Crippen LogP contribution in [0.1, 0.15) is 28.9 Å². The summed E-state index contributed by atoms with van der Waals surface area (Å²) >= 11 is 0. The summed E-state index contributed by atoms with van der Waals surface area (Å²) in [6.07, 6.45) is 4.12. The minimum Gasteiger partial charge on any atom is -0.348 e. The van der Waals surface area contributed by atoms with Crippen LogP contribution in [-0.2, 0) is 0 Å². The normalized spacial score (nSPS) is 26.8. The van der Waals surface area contributed by atoms with Gasteiger partial charge in [0.2, 0.25) is 0 Å². The van der Waals surface area contributed by atoms with Crippen molar-refractivity contribution in [2.24, 2.45) is 5.92 Å². The number of fused-ring (bicyclic) bond motifs is 4. The minimum absolute atomic E-state index is 0.0433. The third-order valence-electron chi connectivity index (χ3n) is 5.00. The van der Waals surface area contributed by atoms with Crippen LogP contribution in [0.25, 0.3) is 5.52 Å². The Kier molecular flexibility index (Phi) is 3.12. The van der Waals surface area contributed by atoms with Crippen molar-refractivity contribution in [3.05, 3.63) is 41.7 Å². The van der Waals surface area contributed by atoms with Crippen molar-refractivity contribution in [2.75, 3.05) is 19.6 Å². The van der Waals surface area contributed by atoms with Crippen LogP contribution in [0, 0.1) is 17.2 Å². The van der Waals surface area contributed by atoms with Gasteiger partial charge in [0.05, 0.1) is 5.56 Å². The smallest absolute Gasteiger partial charge is 0.253 e. The summed E-state index contributed by atoms with van der Waals surface area (Å²) in [5.74, 6) is 0.567. The third kappa shape index (κ3) is 2.16. The summed E-state index contributed by atoms with van der Waals surface area (Å²) in [6.45, 7) is 3.29. The molecule has 112 valence electrons. The summed E-state index contributed by atoms with van der Waals surface area (Å²) in [6, 6.07) is 9.76. The number of pyridine rings is 1. The summed E-state index contributed by atoms with van der Waals surface area (Å²) in [5, 5.41) is 12.3. The predicted octanol–water partition coefficient (Wildman–Crippen LogP) is 1.63. The molecule has 3 aliphatic heterocycles. The van der Waals surface area contributed by atoms with Crippen LogP contribution in [0.5, 0.6) is 0 Å². The molecule has 2 aromatic heterocycles. The Labute approximate surface area is 129 Å². The Bertz CT molecular complexity index is 765. The van der Waals surface area contributed by atoms with Gasteiger partial charge in [-0.3, -0.25) is 4.79 Å². The number of hydrogen-bond donors (Lipinski definition) is 1. The highest BCUT2D eigenvalue weighted by molar-refractivity contribution is 5.94. The Balaban J connectivity index is 1.56. The van der Waals surface area contributed by atoms with Crippen molar-refractivity contribution < 1.29 is 4.79 Å². The van der Waals surface area contributed by atoms with E-state index in [1.165, 1.54) is 12.8 Å². The Morgan fingerprint density at radius 2 is 2.00 bits per heavy atom. The molecule has 0 aromatic carbocycles. The van der Waals surface area contributed by atoms with E-state index in [-0.39, 0.29) is 11.9 Å². The van der Waals surface area contributed by atoms with E-state index in [2.05, 4.69) is 16.3 Å². The molecule has 1 atom stereocenters. The molecule has 5 heteroatoms. The number of rotatable bonds is 2. The zero-order valence-electron chi connectivity index (χ0n) is 12.3. The van der Waals surface area contributed by atoms with Crippen molar-refractivity contribution in [1.82, 2.24) is 14.6 Å². The molecule has 3 aliphatic rings. The number of piperidine rings is 3. The van der Waals surface area contributed by atoms with Crippen LogP contribution in [0.4, 0.5) is 0 Å². The van der Waals surface area contributed by atoms with Crippen molar-refractivity contribution in [2.45, 2.75) is 18.9 Å². The fraction of sp³-hybridized carbons (Fsp3) is 0.412. The van der Waals surface area contributed by atoms with E-state index in [9.17, 15) is 4.79 Å². The second kappa shape index (κ2) is 5.15. The molecule has 0 radical (unpaired) electrons. The predicted molar refractivity (Wildman–Crippen MR) is 82.5 cm³/mol. The molecule has 3 fully saturated rings. The number of nitrogens with zero attached hydrogens (tertiary/aromatic N) is 3. The van der Waals surface area contributed by atoms with Crippen LogP contribution >= 0.6 is 0 Å². The molecule has 5 nitrogen and oxygen atoms in total. The number of nitrogens with one attached hydrogen (secondary N) is 1. The molecular formula is C17H18N4O. The van der Waals surface area contributed by atoms with Gasteiger partial charge in [-0.25, -0.2) is 0 Å². The van der Waals surface area contributed by atoms with Crippen LogP contribution in [0.3, 0.4) is 0 Å². The van der Waals surface area contributed by atoms with Gasteiger partial charge in [0.25, 0.3) is 5.91 Å². The minimum atomic E-state index is -0.0433. The first-order chi connectivity index (χ1) is 10.7. The van der Waals surface area contributed by atoms with Gasteiger partial charge in [-0.2, -0.15) is 5.26 Å². The van der Waals surface area contributed by atoms with Crippen molar-refractivity contribution in [3.63, 3.8) is 0 Å². The Hall–Kier alpha value is -2.32. The van der Waals surface area contributed by atoms with Crippen LogP contribution in [0.2, 0.25) is 0 Å². The van der Waals surface area contributed by atoms with E-state index >= 15 is 0 Å². The standard InChI is InChI=1S/C17H18N4O/c18-9-15-4-3-14-2-1-13(10-21(14)15)17(22)19-16-11-20-7-5-12(16)6-8-20/h1-4,10,12,16H,5-8,11H2,(H,19,22)/t16-/m0/s1. The molecule has 0 saturated carbocycles. The summed E-state index contributed by atoms with van der Waals surface area (Å²) in [5.41, 5.74) is 2.08. The highest BCUT2D eigenvalue weighted by Crippen LogP contribution is 2.27. The van der Waals surface area contributed by atoms with Gasteiger partial charge in [0, 0.05) is 24.3 Å². The number of amides is 1. The molecule has 1 amide bonds. The van der Waals surface area contributed by atoms with Crippen LogP contribution < -0.4 is 5.32 Å². The van der Waals surface area contributed by atoms with Crippen molar-refractivity contribution in [1.29, 1.82) is 5.26 Å². The molecule has 5 rings (SSSR count). The van der Waals surface area contributed by atoms with E-state index in [4.69, 9.17) is 5.26 Å². The number of carbonyl (C=O) groups is 1. The first-order valence-corrected chi connectivity index (χ1v) is 7.79. The lowest BCUT2D eigenvalue weighted by atomic mass is 9.84. The highest BCUT2D eigenvalue weighted by atomic mass is 16.1. The second-order valence-corrected chi connectivity index (χ2v) is 6.26. The fourth-order valence-electron chi connectivity index (χ4n) is 3.71. The van der Waals surface area contributed by atoms with Crippen LogP contribution in [0.15, 0.2) is 30.5 Å². The molecule has 22 heavy (non-hydrogen) atoms. The highest BCUT2D eigenvalue weighted by Gasteiger charge is 2.34. The second-order valence-electron chi connectivity index (χ2n) is 6.26. The quantitative estimate of drug-likeness (QED) is 0.916. The topological polar surface area (TPSA) is 60.5 Å². The number of hydrogen-bond acceptors (Lipinski definition) is 3. The fourth-order valence-corrected chi connectivity index (χ4v) is 3.71. The molecule has 0 spiro atoms. The first kappa shape index (κ1) is 13.4. The zero-order valence-corrected chi connectivity index (χ0v) is 12.3. The number of aromatic nitrogens is 1. The lowest BCUT2D eigenvalue weighted by molar-refractivity contribution is 0.0620. The molecule has 0 aliphatic carbocycles. The lowest BCUT2D eigenvalue weighted by Crippen LogP contribution is -2.57. The van der Waals surface area contributed by atoms with Gasteiger partial charge in [-0.1, -0.05) is 0 Å². The Morgan fingerprint density at radius 3 is 2.68 bits per heavy atom. The van der Waals surface area contributed by atoms with Gasteiger partial charge < -0.3 is 14.6 Å². The van der Waals surface area contributed by atoms with Crippen molar-refractivity contribution >= 4 is 11.4 Å². The van der Waals surface area contributed by atoms with E-state index in [1.54, 1.807) is 16.7 Å². The Morgan fingerprint density at radius 1 is 1.23 bits per heavy atom. The summed E-state index contributed by atoms with van der Waals surface area (Å²) in [4.78, 5) is 15.0. The van der Waals surface area contributed by atoms with E-state index in [1.807, 2.05) is 18.2 Å². The maximum atomic E-state index is 12.5. The molecular weight excluding hydrogens is 276 g/mol. The van der Waals surface area contributed by atoms with Crippen molar-refractivity contribution in [3.8, 4) is 6.07 Å². The lowest BCUT2D eigenvalue weighted by Gasteiger charge is -2.44. The molecule has 3 saturated heterocycles. The maximum absolute atomic E-state index is 12.5. The first-order valence-electron chi connectivity index (χ1n) is 7.79. The van der Waals surface area contributed by atoms with Gasteiger partial charge in [0.1, 0.15) is 11.8 Å². The van der Waals surface area contributed by atoms with Gasteiger partial charge >= 0.3 is 0 Å². The van der Waals surface area contributed by atoms with E-state index < -0.39 is 0 Å².